The van der Waals surface area contributed by atoms with Crippen LogP contribution >= 0.6 is 0 Å². The van der Waals surface area contributed by atoms with E-state index in [0.717, 1.165) is 32.5 Å². The van der Waals surface area contributed by atoms with Crippen LogP contribution in [-0.2, 0) is 4.79 Å². The van der Waals surface area contributed by atoms with Crippen LogP contribution in [0.2, 0.25) is 0 Å². The Morgan fingerprint density at radius 2 is 2.14 bits per heavy atom. The van der Waals surface area contributed by atoms with Crippen LogP contribution in [0, 0.1) is 0 Å². The quantitative estimate of drug-likeness (QED) is 0.904. The van der Waals surface area contributed by atoms with E-state index in [0.29, 0.717) is 12.6 Å². The van der Waals surface area contributed by atoms with E-state index in [4.69, 9.17) is 0 Å². The second kappa shape index (κ2) is 7.46. The van der Waals surface area contributed by atoms with Crippen LogP contribution in [0.25, 0.3) is 0 Å². The van der Waals surface area contributed by atoms with Gasteiger partial charge in [-0.15, -0.1) is 0 Å². The number of likely N-dealkylation sites (N-methyl/N-ethyl adjacent to an activating group) is 1. The molecule has 1 N–H and O–H groups in total. The number of amides is 1. The van der Waals surface area contributed by atoms with Crippen LogP contribution in [0.15, 0.2) is 24.3 Å². The summed E-state index contributed by atoms with van der Waals surface area (Å²) in [4.78, 5) is 16.3. The maximum atomic E-state index is 12.2. The van der Waals surface area contributed by atoms with Crippen LogP contribution in [0.1, 0.15) is 38.3 Å². The number of carbonyl (C=O) groups is 1. The molecule has 0 spiro atoms. The van der Waals surface area contributed by atoms with E-state index in [1.54, 1.807) is 4.90 Å². The van der Waals surface area contributed by atoms with Gasteiger partial charge in [0.25, 0.3) is 0 Å². The smallest absolute Gasteiger partial charge is 0.241 e. The molecular formula is C17H27N3O. The van der Waals surface area contributed by atoms with Crippen molar-refractivity contribution in [3.05, 3.63) is 29.8 Å². The molecular weight excluding hydrogens is 262 g/mol. The van der Waals surface area contributed by atoms with E-state index >= 15 is 0 Å². The molecule has 1 amide bonds. The van der Waals surface area contributed by atoms with Crippen LogP contribution in [-0.4, -0.2) is 44.0 Å². The van der Waals surface area contributed by atoms with Crippen molar-refractivity contribution in [3.63, 3.8) is 0 Å². The molecule has 0 aromatic heterocycles. The second-order valence-corrected chi connectivity index (χ2v) is 5.64. The highest BCUT2D eigenvalue weighted by molar-refractivity contribution is 5.81. The first-order valence-corrected chi connectivity index (χ1v) is 7.98. The predicted molar refractivity (Wildman–Crippen MR) is 87.6 cm³/mol. The first kappa shape index (κ1) is 15.8. The summed E-state index contributed by atoms with van der Waals surface area (Å²) in [6.45, 7) is 7.30. The Kier molecular flexibility index (Phi) is 5.62. The van der Waals surface area contributed by atoms with Crippen molar-refractivity contribution in [2.24, 2.45) is 0 Å². The standard InChI is InChI=1S/C17H27N3O/c1-4-18-15-10-8-12-20(13-17(21)19(3)5-2)16-11-7-6-9-14(15)16/h6-7,9,11,15,18H,4-5,8,10,12-13H2,1-3H3. The Balaban J connectivity index is 2.22. The molecule has 1 aliphatic rings. The van der Waals surface area contributed by atoms with E-state index in [1.165, 1.54) is 11.3 Å². The molecule has 2 rings (SSSR count). The summed E-state index contributed by atoms with van der Waals surface area (Å²) < 4.78 is 0. The van der Waals surface area contributed by atoms with Crippen molar-refractivity contribution < 1.29 is 4.79 Å². The van der Waals surface area contributed by atoms with E-state index in [2.05, 4.69) is 41.4 Å². The average Bonchev–Trinajstić information content (AvgIpc) is 2.67. The fourth-order valence-electron chi connectivity index (χ4n) is 2.92. The molecule has 0 fully saturated rings. The van der Waals surface area contributed by atoms with Crippen LogP contribution in [0.3, 0.4) is 0 Å². The number of carbonyl (C=O) groups excluding carboxylic acids is 1. The Morgan fingerprint density at radius 3 is 2.86 bits per heavy atom. The first-order chi connectivity index (χ1) is 10.2. The lowest BCUT2D eigenvalue weighted by Crippen LogP contribution is -2.38. The van der Waals surface area contributed by atoms with Crippen molar-refractivity contribution in [1.82, 2.24) is 10.2 Å². The Hall–Kier alpha value is -1.55. The van der Waals surface area contributed by atoms with Gasteiger partial charge in [0.15, 0.2) is 0 Å². The zero-order chi connectivity index (χ0) is 15.2. The maximum Gasteiger partial charge on any atom is 0.241 e. The number of anilines is 1. The summed E-state index contributed by atoms with van der Waals surface area (Å²) in [5, 5.41) is 3.57. The highest BCUT2D eigenvalue weighted by Crippen LogP contribution is 2.32. The van der Waals surface area contributed by atoms with Gasteiger partial charge in [-0.3, -0.25) is 4.79 Å². The van der Waals surface area contributed by atoms with Gasteiger partial charge < -0.3 is 15.1 Å². The third-order valence-corrected chi connectivity index (χ3v) is 4.25. The molecule has 116 valence electrons. The molecule has 1 aromatic rings. The number of para-hydroxylation sites is 1. The maximum absolute atomic E-state index is 12.2. The lowest BCUT2D eigenvalue weighted by atomic mass is 10.0. The molecule has 4 heteroatoms. The molecule has 4 nitrogen and oxygen atoms in total. The molecule has 0 aliphatic carbocycles. The van der Waals surface area contributed by atoms with Crippen molar-refractivity contribution >= 4 is 11.6 Å². The normalized spacial score (nSPS) is 18.0. The van der Waals surface area contributed by atoms with Crippen molar-refractivity contribution in [2.45, 2.75) is 32.7 Å². The topological polar surface area (TPSA) is 35.6 Å². The third kappa shape index (κ3) is 3.76. The SMILES string of the molecule is CCNC1CCCN(CC(=O)N(C)CC)c2ccccc21. The van der Waals surface area contributed by atoms with Crippen molar-refractivity contribution in [3.8, 4) is 0 Å². The first-order valence-electron chi connectivity index (χ1n) is 7.98. The minimum absolute atomic E-state index is 0.189. The van der Waals surface area contributed by atoms with Crippen LogP contribution < -0.4 is 10.2 Å². The van der Waals surface area contributed by atoms with Gasteiger partial charge in [-0.25, -0.2) is 0 Å². The van der Waals surface area contributed by atoms with Gasteiger partial charge in [-0.1, -0.05) is 25.1 Å². The van der Waals surface area contributed by atoms with E-state index < -0.39 is 0 Å². The molecule has 1 aliphatic heterocycles. The molecule has 1 aromatic carbocycles. The Morgan fingerprint density at radius 1 is 1.38 bits per heavy atom. The number of rotatable bonds is 5. The molecule has 21 heavy (non-hydrogen) atoms. The summed E-state index contributed by atoms with van der Waals surface area (Å²) in [6, 6.07) is 8.88. The zero-order valence-corrected chi connectivity index (χ0v) is 13.4. The second-order valence-electron chi connectivity index (χ2n) is 5.64. The lowest BCUT2D eigenvalue weighted by Gasteiger charge is -2.27. The third-order valence-electron chi connectivity index (χ3n) is 4.25. The van der Waals surface area contributed by atoms with Gasteiger partial charge in [0.2, 0.25) is 5.91 Å². The summed E-state index contributed by atoms with van der Waals surface area (Å²) in [6.07, 6.45) is 2.23. The summed E-state index contributed by atoms with van der Waals surface area (Å²) in [5.74, 6) is 0.189. The van der Waals surface area contributed by atoms with Crippen molar-refractivity contribution in [1.29, 1.82) is 0 Å². The van der Waals surface area contributed by atoms with Gasteiger partial charge in [0.05, 0.1) is 6.54 Å². The zero-order valence-electron chi connectivity index (χ0n) is 13.4. The largest absolute Gasteiger partial charge is 0.362 e. The van der Waals surface area contributed by atoms with Crippen molar-refractivity contribution in [2.75, 3.05) is 38.1 Å². The number of hydrogen-bond acceptors (Lipinski definition) is 3. The monoisotopic (exact) mass is 289 g/mol. The minimum atomic E-state index is 0.189. The molecule has 0 bridgehead atoms. The average molecular weight is 289 g/mol. The van der Waals surface area contributed by atoms with Gasteiger partial charge in [-0.2, -0.15) is 0 Å². The van der Waals surface area contributed by atoms with E-state index in [9.17, 15) is 4.79 Å². The van der Waals surface area contributed by atoms with Gasteiger partial charge >= 0.3 is 0 Å². The number of nitrogens with zero attached hydrogens (tertiary/aromatic N) is 2. The molecule has 0 radical (unpaired) electrons. The number of hydrogen-bond donors (Lipinski definition) is 1. The summed E-state index contributed by atoms with van der Waals surface area (Å²) in [5.41, 5.74) is 2.53. The van der Waals surface area contributed by atoms with Gasteiger partial charge in [-0.05, 0) is 37.9 Å². The fourth-order valence-corrected chi connectivity index (χ4v) is 2.92. The highest BCUT2D eigenvalue weighted by atomic mass is 16.2. The van der Waals surface area contributed by atoms with Gasteiger partial charge in [0, 0.05) is 31.9 Å². The highest BCUT2D eigenvalue weighted by Gasteiger charge is 2.23. The van der Waals surface area contributed by atoms with Crippen LogP contribution in [0.4, 0.5) is 5.69 Å². The molecule has 0 saturated heterocycles. The lowest BCUT2D eigenvalue weighted by molar-refractivity contribution is -0.128. The van der Waals surface area contributed by atoms with Gasteiger partial charge in [0.1, 0.15) is 0 Å². The minimum Gasteiger partial charge on any atom is -0.362 e. The molecule has 1 unspecified atom stereocenters. The predicted octanol–water partition coefficient (Wildman–Crippen LogP) is 2.42. The Bertz CT molecular complexity index is 475. The molecule has 0 saturated carbocycles. The Labute approximate surface area is 128 Å². The number of fused-ring (bicyclic) bond motifs is 1. The fraction of sp³-hybridized carbons (Fsp3) is 0.588. The van der Waals surface area contributed by atoms with E-state index in [1.807, 2.05) is 14.0 Å². The summed E-state index contributed by atoms with van der Waals surface area (Å²) >= 11 is 0. The number of nitrogens with one attached hydrogen (secondary N) is 1. The molecule has 1 atom stereocenters. The van der Waals surface area contributed by atoms with E-state index in [-0.39, 0.29) is 5.91 Å². The van der Waals surface area contributed by atoms with Crippen LogP contribution in [0.5, 0.6) is 0 Å². The summed E-state index contributed by atoms with van der Waals surface area (Å²) in [7, 11) is 1.87. The molecule has 1 heterocycles. The number of benzene rings is 1.